The molecule has 29 heavy (non-hydrogen) atoms. The van der Waals surface area contributed by atoms with E-state index in [2.05, 4.69) is 10.6 Å². The molecule has 0 radical (unpaired) electrons. The molecular formula is C19H20FN3O6. The van der Waals surface area contributed by atoms with Crippen molar-refractivity contribution in [2.75, 3.05) is 25.1 Å². The van der Waals surface area contributed by atoms with Crippen molar-refractivity contribution in [1.29, 1.82) is 0 Å². The highest BCUT2D eigenvalue weighted by Crippen LogP contribution is 2.21. The van der Waals surface area contributed by atoms with Crippen molar-refractivity contribution in [1.82, 2.24) is 5.32 Å². The number of anilines is 1. The van der Waals surface area contributed by atoms with Crippen LogP contribution in [-0.4, -0.2) is 41.6 Å². The van der Waals surface area contributed by atoms with Gasteiger partial charge in [0.15, 0.2) is 0 Å². The quantitative estimate of drug-likeness (QED) is 0.349. The number of ether oxygens (including phenoxy) is 1. The van der Waals surface area contributed by atoms with Gasteiger partial charge in [-0.25, -0.2) is 0 Å². The molecule has 0 bridgehead atoms. The van der Waals surface area contributed by atoms with Gasteiger partial charge in [-0.05, 0) is 24.6 Å². The zero-order valence-electron chi connectivity index (χ0n) is 15.6. The second-order valence-electron chi connectivity index (χ2n) is 6.08. The van der Waals surface area contributed by atoms with Crippen molar-refractivity contribution in [3.63, 3.8) is 0 Å². The maximum Gasteiger partial charge on any atom is 0.313 e. The van der Waals surface area contributed by atoms with E-state index in [1.807, 2.05) is 19.1 Å². The molecule has 2 amide bonds. The number of nitro groups is 1. The Bertz CT molecular complexity index is 888. The molecule has 0 aliphatic rings. The van der Waals surface area contributed by atoms with Crippen molar-refractivity contribution in [3.05, 3.63) is 69.5 Å². The van der Waals surface area contributed by atoms with Crippen LogP contribution in [0.25, 0.3) is 0 Å². The fraction of sp³-hybridized carbons (Fsp3) is 0.263. The van der Waals surface area contributed by atoms with Gasteiger partial charge < -0.3 is 20.5 Å². The third kappa shape index (κ3) is 6.33. The van der Waals surface area contributed by atoms with Crippen LogP contribution in [-0.2, 0) is 14.3 Å². The SMILES string of the molecule is Cc1ccc(C(CNC(=O)C(=O)Nc2ccc(F)c([N+](=O)[O-])c2)OCCO)cc1. The zero-order valence-corrected chi connectivity index (χ0v) is 15.6. The smallest absolute Gasteiger partial charge is 0.313 e. The largest absolute Gasteiger partial charge is 0.394 e. The van der Waals surface area contributed by atoms with Gasteiger partial charge in [0.1, 0.15) is 0 Å². The summed E-state index contributed by atoms with van der Waals surface area (Å²) in [5.74, 6) is -3.13. The van der Waals surface area contributed by atoms with Crippen LogP contribution in [0.5, 0.6) is 0 Å². The fourth-order valence-corrected chi connectivity index (χ4v) is 2.43. The lowest BCUT2D eigenvalue weighted by Gasteiger charge is -2.18. The third-order valence-corrected chi connectivity index (χ3v) is 3.91. The van der Waals surface area contributed by atoms with Crippen LogP contribution in [0.2, 0.25) is 0 Å². The Kier molecular flexibility index (Phi) is 7.75. The van der Waals surface area contributed by atoms with Crippen molar-refractivity contribution < 1.29 is 28.7 Å². The Balaban J connectivity index is 2.00. The fourth-order valence-electron chi connectivity index (χ4n) is 2.43. The highest BCUT2D eigenvalue weighted by atomic mass is 19.1. The van der Waals surface area contributed by atoms with Gasteiger partial charge in [-0.2, -0.15) is 4.39 Å². The number of aliphatic hydroxyl groups excluding tert-OH is 1. The van der Waals surface area contributed by atoms with Crippen LogP contribution in [0, 0.1) is 22.9 Å². The minimum absolute atomic E-state index is 0.0415. The molecule has 1 atom stereocenters. The molecule has 9 nitrogen and oxygen atoms in total. The predicted octanol–water partition coefficient (Wildman–Crippen LogP) is 1.85. The second kappa shape index (κ2) is 10.2. The van der Waals surface area contributed by atoms with E-state index in [-0.39, 0.29) is 25.4 Å². The average Bonchev–Trinajstić information content (AvgIpc) is 2.70. The maximum atomic E-state index is 13.3. The topological polar surface area (TPSA) is 131 Å². The summed E-state index contributed by atoms with van der Waals surface area (Å²) in [6, 6.07) is 10.1. The van der Waals surface area contributed by atoms with Crippen molar-refractivity contribution in [3.8, 4) is 0 Å². The molecule has 0 saturated heterocycles. The lowest BCUT2D eigenvalue weighted by Crippen LogP contribution is -2.38. The summed E-state index contributed by atoms with van der Waals surface area (Å²) in [5.41, 5.74) is 0.871. The van der Waals surface area contributed by atoms with Crippen LogP contribution < -0.4 is 10.6 Å². The zero-order chi connectivity index (χ0) is 21.4. The van der Waals surface area contributed by atoms with Crippen molar-refractivity contribution in [2.24, 2.45) is 0 Å². The number of nitrogens with zero attached hydrogens (tertiary/aromatic N) is 1. The van der Waals surface area contributed by atoms with Gasteiger partial charge in [-0.15, -0.1) is 0 Å². The van der Waals surface area contributed by atoms with Gasteiger partial charge in [0.05, 0.1) is 24.2 Å². The average molecular weight is 405 g/mol. The van der Waals surface area contributed by atoms with Gasteiger partial charge in [-0.1, -0.05) is 29.8 Å². The van der Waals surface area contributed by atoms with Gasteiger partial charge in [-0.3, -0.25) is 19.7 Å². The number of benzene rings is 2. The van der Waals surface area contributed by atoms with Crippen LogP contribution in [0.4, 0.5) is 15.8 Å². The van der Waals surface area contributed by atoms with E-state index >= 15 is 0 Å². The predicted molar refractivity (Wildman–Crippen MR) is 102 cm³/mol. The van der Waals surface area contributed by atoms with E-state index < -0.39 is 34.3 Å². The molecule has 10 heteroatoms. The molecule has 2 aromatic rings. The number of nitrogens with one attached hydrogen (secondary N) is 2. The number of carbonyl (C=O) groups is 2. The lowest BCUT2D eigenvalue weighted by atomic mass is 10.1. The van der Waals surface area contributed by atoms with Gasteiger partial charge in [0, 0.05) is 18.3 Å². The molecule has 2 aromatic carbocycles. The Morgan fingerprint density at radius 3 is 2.52 bits per heavy atom. The third-order valence-electron chi connectivity index (χ3n) is 3.91. The van der Waals surface area contributed by atoms with Crippen LogP contribution in [0.1, 0.15) is 17.2 Å². The molecule has 0 saturated carbocycles. The van der Waals surface area contributed by atoms with Crippen LogP contribution in [0.15, 0.2) is 42.5 Å². The lowest BCUT2D eigenvalue weighted by molar-refractivity contribution is -0.387. The van der Waals surface area contributed by atoms with E-state index in [1.54, 1.807) is 12.1 Å². The van der Waals surface area contributed by atoms with Crippen LogP contribution in [0.3, 0.4) is 0 Å². The number of nitro benzene ring substituents is 1. The number of carbonyl (C=O) groups excluding carboxylic acids is 2. The summed E-state index contributed by atoms with van der Waals surface area (Å²) in [7, 11) is 0. The minimum atomic E-state index is -1.07. The molecule has 0 aliphatic carbocycles. The minimum Gasteiger partial charge on any atom is -0.394 e. The Morgan fingerprint density at radius 1 is 1.21 bits per heavy atom. The van der Waals surface area contributed by atoms with E-state index in [4.69, 9.17) is 9.84 Å². The molecule has 0 aromatic heterocycles. The van der Waals surface area contributed by atoms with E-state index in [1.165, 1.54) is 0 Å². The maximum absolute atomic E-state index is 13.3. The molecule has 2 rings (SSSR count). The number of halogens is 1. The molecule has 0 heterocycles. The van der Waals surface area contributed by atoms with Gasteiger partial charge in [0.2, 0.25) is 5.82 Å². The van der Waals surface area contributed by atoms with Gasteiger partial charge in [0.25, 0.3) is 0 Å². The number of hydrogen-bond acceptors (Lipinski definition) is 6. The summed E-state index contributed by atoms with van der Waals surface area (Å²) >= 11 is 0. The summed E-state index contributed by atoms with van der Waals surface area (Å²) in [6.45, 7) is 1.71. The molecule has 0 aliphatic heterocycles. The number of hydrogen-bond donors (Lipinski definition) is 3. The van der Waals surface area contributed by atoms with Crippen molar-refractivity contribution in [2.45, 2.75) is 13.0 Å². The van der Waals surface area contributed by atoms with Crippen molar-refractivity contribution >= 4 is 23.2 Å². The number of rotatable bonds is 8. The van der Waals surface area contributed by atoms with E-state index in [9.17, 15) is 24.1 Å². The molecule has 3 N–H and O–H groups in total. The molecule has 0 fully saturated rings. The number of aryl methyl sites for hydroxylation is 1. The Hall–Kier alpha value is -3.37. The first-order valence-corrected chi connectivity index (χ1v) is 8.64. The second-order valence-corrected chi connectivity index (χ2v) is 6.08. The van der Waals surface area contributed by atoms with E-state index in [0.717, 1.165) is 29.3 Å². The van der Waals surface area contributed by atoms with Gasteiger partial charge >= 0.3 is 17.5 Å². The monoisotopic (exact) mass is 405 g/mol. The number of amides is 2. The summed E-state index contributed by atoms with van der Waals surface area (Å²) in [6.07, 6.45) is -0.591. The molecule has 154 valence electrons. The number of aliphatic hydroxyl groups is 1. The summed E-state index contributed by atoms with van der Waals surface area (Å²) in [4.78, 5) is 33.9. The highest BCUT2D eigenvalue weighted by molar-refractivity contribution is 6.39. The van der Waals surface area contributed by atoms with E-state index in [0.29, 0.717) is 0 Å². The molecule has 1 unspecified atom stereocenters. The first-order valence-electron chi connectivity index (χ1n) is 8.64. The summed E-state index contributed by atoms with van der Waals surface area (Å²) < 4.78 is 18.9. The molecule has 0 spiro atoms. The molecular weight excluding hydrogens is 385 g/mol. The first kappa shape index (κ1) is 21.9. The summed E-state index contributed by atoms with van der Waals surface area (Å²) in [5, 5.41) is 24.3. The Labute approximate surface area is 165 Å². The normalized spacial score (nSPS) is 11.6. The Morgan fingerprint density at radius 2 is 1.90 bits per heavy atom. The van der Waals surface area contributed by atoms with Crippen LogP contribution >= 0.6 is 0 Å². The standard InChI is InChI=1S/C19H20FN3O6/c1-12-2-4-13(5-3-12)17(29-9-8-24)11-21-18(25)19(26)22-14-6-7-15(20)16(10-14)23(27)28/h2-7,10,17,24H,8-9,11H2,1H3,(H,21,25)(H,22,26). The first-order chi connectivity index (χ1) is 13.8. The highest BCUT2D eigenvalue weighted by Gasteiger charge is 2.20.